The van der Waals surface area contributed by atoms with Crippen molar-refractivity contribution < 1.29 is 13.9 Å². The van der Waals surface area contributed by atoms with Gasteiger partial charge in [0, 0.05) is 12.6 Å². The molecule has 0 saturated heterocycles. The number of amides is 1. The Labute approximate surface area is 162 Å². The molecule has 2 rings (SSSR count). The van der Waals surface area contributed by atoms with Crippen LogP contribution in [0.2, 0.25) is 0 Å². The number of rotatable bonds is 5. The van der Waals surface area contributed by atoms with Crippen LogP contribution < -0.4 is 10.1 Å². The predicted molar refractivity (Wildman–Crippen MR) is 110 cm³/mol. The monoisotopic (exact) mass is 371 g/mol. The van der Waals surface area contributed by atoms with Gasteiger partial charge in [-0.1, -0.05) is 31.6 Å². The van der Waals surface area contributed by atoms with E-state index in [2.05, 4.69) is 32.2 Å². The normalized spacial score (nSPS) is 17.7. The summed E-state index contributed by atoms with van der Waals surface area (Å²) in [6.07, 6.45) is 7.34. The topological polar surface area (TPSA) is 38.3 Å². The molecule has 0 unspecified atom stereocenters. The molecule has 4 heteroatoms. The third-order valence-corrected chi connectivity index (χ3v) is 5.32. The molecule has 3 nitrogen and oxygen atoms in total. The summed E-state index contributed by atoms with van der Waals surface area (Å²) < 4.78 is 20.4. The van der Waals surface area contributed by atoms with Gasteiger partial charge in [0.1, 0.15) is 11.6 Å². The first-order valence-electron chi connectivity index (χ1n) is 9.36. The molecule has 0 saturated carbocycles. The smallest absolute Gasteiger partial charge is 0.251 e. The van der Waals surface area contributed by atoms with Crippen LogP contribution in [0.5, 0.6) is 5.75 Å². The molecule has 27 heavy (non-hydrogen) atoms. The lowest BCUT2D eigenvalue weighted by atomic mass is 9.72. The first-order valence-corrected chi connectivity index (χ1v) is 9.36. The number of hydrogen-bond donors (Lipinski definition) is 1. The van der Waals surface area contributed by atoms with Crippen LogP contribution in [0.1, 0.15) is 62.9 Å². The molecule has 1 aromatic rings. The van der Waals surface area contributed by atoms with Crippen molar-refractivity contribution in [1.29, 1.82) is 0 Å². The van der Waals surface area contributed by atoms with Crippen LogP contribution in [0.15, 0.2) is 47.1 Å². The summed E-state index contributed by atoms with van der Waals surface area (Å²) in [5.41, 5.74) is 4.10. The number of ether oxygens (including phenoxy) is 1. The van der Waals surface area contributed by atoms with Gasteiger partial charge in [-0.3, -0.25) is 4.79 Å². The molecule has 0 aromatic heterocycles. The van der Waals surface area contributed by atoms with Crippen molar-refractivity contribution in [2.45, 2.75) is 47.0 Å². The van der Waals surface area contributed by atoms with Gasteiger partial charge in [0.25, 0.3) is 5.91 Å². The average Bonchev–Trinajstić information content (AvgIpc) is 2.65. The summed E-state index contributed by atoms with van der Waals surface area (Å²) >= 11 is 0. The van der Waals surface area contributed by atoms with Crippen LogP contribution in [0.4, 0.5) is 4.39 Å². The van der Waals surface area contributed by atoms with Crippen LogP contribution in [0, 0.1) is 5.41 Å². The zero-order valence-corrected chi connectivity index (χ0v) is 17.2. The molecular formula is C23H30FNO2. The minimum absolute atomic E-state index is 0.114. The first kappa shape index (κ1) is 20.9. The summed E-state index contributed by atoms with van der Waals surface area (Å²) in [5.74, 6) is -0.240. The summed E-state index contributed by atoms with van der Waals surface area (Å²) in [4.78, 5) is 11.8. The molecule has 0 aliphatic heterocycles. The number of benzene rings is 1. The van der Waals surface area contributed by atoms with Crippen molar-refractivity contribution in [2.75, 3.05) is 14.2 Å². The molecule has 0 radical (unpaired) electrons. The van der Waals surface area contributed by atoms with Crippen molar-refractivity contribution in [3.63, 3.8) is 0 Å². The van der Waals surface area contributed by atoms with Gasteiger partial charge in [0.05, 0.1) is 12.7 Å². The molecular weight excluding hydrogens is 341 g/mol. The number of carbonyl (C=O) groups excluding carboxylic acids is 1. The molecule has 1 aliphatic carbocycles. The highest BCUT2D eigenvalue weighted by Gasteiger charge is 2.26. The van der Waals surface area contributed by atoms with Crippen LogP contribution >= 0.6 is 0 Å². The maximum Gasteiger partial charge on any atom is 0.251 e. The maximum atomic E-state index is 15.1. The molecule has 146 valence electrons. The maximum absolute atomic E-state index is 15.1. The highest BCUT2D eigenvalue weighted by atomic mass is 19.1. The summed E-state index contributed by atoms with van der Waals surface area (Å²) in [5, 5.41) is 2.56. The molecule has 0 spiro atoms. The average molecular weight is 371 g/mol. The second-order valence-corrected chi connectivity index (χ2v) is 7.76. The summed E-state index contributed by atoms with van der Waals surface area (Å²) in [6, 6.07) is 4.75. The van der Waals surface area contributed by atoms with Gasteiger partial charge in [-0.2, -0.15) is 0 Å². The third kappa shape index (κ3) is 4.68. The van der Waals surface area contributed by atoms with E-state index in [1.807, 2.05) is 6.08 Å². The van der Waals surface area contributed by atoms with Crippen LogP contribution in [0.25, 0.3) is 5.83 Å². The molecule has 1 aliphatic rings. The standard InChI is InChI=1S/C23H30FNO2/c1-15-8-7-13-23(3,4)19(15)12-9-16(2)21(24)18-11-10-17(22(26)25-5)14-20(18)27-6/h9-12,14H,7-8,13H2,1-6H3,(H,25,26). The fourth-order valence-corrected chi connectivity index (χ4v) is 3.66. The van der Waals surface area contributed by atoms with Crippen molar-refractivity contribution in [3.8, 4) is 5.75 Å². The molecule has 0 atom stereocenters. The first-order chi connectivity index (χ1) is 12.7. The van der Waals surface area contributed by atoms with Gasteiger partial charge in [0.15, 0.2) is 0 Å². The van der Waals surface area contributed by atoms with Crippen molar-refractivity contribution in [3.05, 3.63) is 58.2 Å². The van der Waals surface area contributed by atoms with Gasteiger partial charge in [0.2, 0.25) is 0 Å². The van der Waals surface area contributed by atoms with Crippen LogP contribution in [0.3, 0.4) is 0 Å². The Morgan fingerprint density at radius 2 is 2.04 bits per heavy atom. The van der Waals surface area contributed by atoms with E-state index in [9.17, 15) is 4.79 Å². The van der Waals surface area contributed by atoms with Crippen LogP contribution in [-0.4, -0.2) is 20.1 Å². The molecule has 1 N–H and O–H groups in total. The molecule has 0 bridgehead atoms. The Balaban J connectivity index is 2.38. The molecule has 1 aromatic carbocycles. The third-order valence-electron chi connectivity index (χ3n) is 5.32. The Kier molecular flexibility index (Phi) is 6.63. The lowest BCUT2D eigenvalue weighted by Gasteiger charge is -2.33. The highest BCUT2D eigenvalue weighted by Crippen LogP contribution is 2.41. The van der Waals surface area contributed by atoms with Gasteiger partial charge in [-0.25, -0.2) is 4.39 Å². The lowest BCUT2D eigenvalue weighted by Crippen LogP contribution is -2.19. The van der Waals surface area contributed by atoms with E-state index in [0.717, 1.165) is 12.8 Å². The molecule has 0 fully saturated rings. The van der Waals surface area contributed by atoms with Crippen molar-refractivity contribution >= 4 is 11.7 Å². The summed E-state index contributed by atoms with van der Waals surface area (Å²) in [7, 11) is 3.03. The minimum atomic E-state index is -0.349. The number of nitrogens with one attached hydrogen (secondary N) is 1. The van der Waals surface area contributed by atoms with Crippen LogP contribution in [-0.2, 0) is 0 Å². The number of halogens is 1. The number of allylic oxidation sites excluding steroid dienone is 5. The predicted octanol–water partition coefficient (Wildman–Crippen LogP) is 5.84. The fraction of sp³-hybridized carbons (Fsp3) is 0.435. The summed E-state index contributed by atoms with van der Waals surface area (Å²) in [6.45, 7) is 8.40. The second-order valence-electron chi connectivity index (χ2n) is 7.76. The molecule has 1 amide bonds. The van der Waals surface area contributed by atoms with E-state index >= 15 is 4.39 Å². The van der Waals surface area contributed by atoms with E-state index in [-0.39, 0.29) is 17.1 Å². The fourth-order valence-electron chi connectivity index (χ4n) is 3.66. The Morgan fingerprint density at radius 3 is 2.63 bits per heavy atom. The number of hydrogen-bond acceptors (Lipinski definition) is 2. The van der Waals surface area contributed by atoms with Gasteiger partial charge in [-0.15, -0.1) is 0 Å². The van der Waals surface area contributed by atoms with Gasteiger partial charge in [-0.05, 0) is 67.9 Å². The van der Waals surface area contributed by atoms with E-state index in [0.29, 0.717) is 22.4 Å². The van der Waals surface area contributed by atoms with Gasteiger partial charge < -0.3 is 10.1 Å². The van der Waals surface area contributed by atoms with E-state index in [4.69, 9.17) is 4.74 Å². The number of carbonyl (C=O) groups is 1. The largest absolute Gasteiger partial charge is 0.496 e. The van der Waals surface area contributed by atoms with E-state index in [1.165, 1.54) is 24.7 Å². The Bertz CT molecular complexity index is 816. The highest BCUT2D eigenvalue weighted by molar-refractivity contribution is 5.95. The SMILES string of the molecule is CNC(=O)c1ccc(C(F)=C(C)C=CC2=C(C)CCCC2(C)C)c(OC)c1. The zero-order valence-electron chi connectivity index (χ0n) is 17.2. The Hall–Kier alpha value is -2.36. The minimum Gasteiger partial charge on any atom is -0.496 e. The number of methoxy groups -OCH3 is 1. The zero-order chi connectivity index (χ0) is 20.2. The van der Waals surface area contributed by atoms with E-state index < -0.39 is 0 Å². The van der Waals surface area contributed by atoms with Gasteiger partial charge >= 0.3 is 0 Å². The lowest BCUT2D eigenvalue weighted by molar-refractivity contribution is 0.0962. The van der Waals surface area contributed by atoms with Crippen molar-refractivity contribution in [2.24, 2.45) is 5.41 Å². The quantitative estimate of drug-likeness (QED) is 0.661. The Morgan fingerprint density at radius 1 is 1.33 bits per heavy atom. The second kappa shape index (κ2) is 8.55. The molecule has 0 heterocycles. The van der Waals surface area contributed by atoms with E-state index in [1.54, 1.807) is 32.2 Å². The van der Waals surface area contributed by atoms with Crippen molar-refractivity contribution in [1.82, 2.24) is 5.32 Å².